The van der Waals surface area contributed by atoms with E-state index in [2.05, 4.69) is 10.6 Å². The smallest absolute Gasteiger partial charge is 0.309 e. The number of amides is 2. The highest BCUT2D eigenvalue weighted by Gasteiger charge is 2.23. The molecule has 4 N–H and O–H groups in total. The molecular formula is C9H19N3O3. The second kappa shape index (κ2) is 6.36. The summed E-state index contributed by atoms with van der Waals surface area (Å²) in [7, 11) is 1.53. The van der Waals surface area contributed by atoms with Crippen molar-refractivity contribution in [2.45, 2.75) is 19.4 Å². The first kappa shape index (κ1) is 13.9. The zero-order chi connectivity index (χ0) is 11.9. The highest BCUT2D eigenvalue weighted by Crippen LogP contribution is 2.01. The van der Waals surface area contributed by atoms with Gasteiger partial charge in [0.1, 0.15) is 0 Å². The van der Waals surface area contributed by atoms with Crippen LogP contribution < -0.4 is 16.4 Å². The van der Waals surface area contributed by atoms with Crippen LogP contribution in [0, 0.1) is 0 Å². The molecule has 0 rings (SSSR count). The van der Waals surface area contributed by atoms with Gasteiger partial charge in [-0.25, -0.2) is 0 Å². The summed E-state index contributed by atoms with van der Waals surface area (Å²) in [4.78, 5) is 22.5. The molecule has 0 fully saturated rings. The van der Waals surface area contributed by atoms with Gasteiger partial charge in [0.25, 0.3) is 0 Å². The number of hydrogen-bond donors (Lipinski definition) is 3. The molecule has 0 aromatic heterocycles. The lowest BCUT2D eigenvalue weighted by Crippen LogP contribution is -2.52. The zero-order valence-electron chi connectivity index (χ0n) is 9.42. The van der Waals surface area contributed by atoms with E-state index in [1.807, 2.05) is 0 Å². The van der Waals surface area contributed by atoms with Crippen LogP contribution in [0.25, 0.3) is 0 Å². The first-order valence-electron chi connectivity index (χ1n) is 4.72. The Morgan fingerprint density at radius 2 is 1.93 bits per heavy atom. The highest BCUT2D eigenvalue weighted by molar-refractivity contribution is 6.35. The summed E-state index contributed by atoms with van der Waals surface area (Å²) in [6.07, 6.45) is 0. The number of ether oxygens (including phenoxy) is 1. The summed E-state index contributed by atoms with van der Waals surface area (Å²) in [6.45, 7) is 4.47. The maximum absolute atomic E-state index is 11.3. The van der Waals surface area contributed by atoms with Crippen molar-refractivity contribution in [3.63, 3.8) is 0 Å². The molecular weight excluding hydrogens is 198 g/mol. The molecule has 0 radical (unpaired) electrons. The Morgan fingerprint density at radius 1 is 1.33 bits per heavy atom. The first-order valence-corrected chi connectivity index (χ1v) is 4.72. The van der Waals surface area contributed by atoms with E-state index in [0.717, 1.165) is 0 Å². The van der Waals surface area contributed by atoms with Crippen molar-refractivity contribution in [2.24, 2.45) is 5.73 Å². The lowest BCUT2D eigenvalue weighted by molar-refractivity contribution is -0.140. The molecule has 0 saturated heterocycles. The molecule has 0 aliphatic heterocycles. The van der Waals surface area contributed by atoms with Gasteiger partial charge in [-0.3, -0.25) is 9.59 Å². The van der Waals surface area contributed by atoms with Gasteiger partial charge < -0.3 is 21.1 Å². The third-order valence-corrected chi connectivity index (χ3v) is 1.59. The van der Waals surface area contributed by atoms with Gasteiger partial charge in [0.15, 0.2) is 0 Å². The molecule has 6 heteroatoms. The second-order valence-electron chi connectivity index (χ2n) is 3.82. The summed E-state index contributed by atoms with van der Waals surface area (Å²) in [6, 6.07) is 0. The monoisotopic (exact) mass is 217 g/mol. The summed E-state index contributed by atoms with van der Waals surface area (Å²) in [5.74, 6) is -1.35. The van der Waals surface area contributed by atoms with Crippen molar-refractivity contribution < 1.29 is 14.3 Å². The molecule has 88 valence electrons. The summed E-state index contributed by atoms with van der Waals surface area (Å²) < 4.78 is 4.90. The zero-order valence-corrected chi connectivity index (χ0v) is 9.42. The van der Waals surface area contributed by atoms with Crippen molar-refractivity contribution in [2.75, 3.05) is 26.8 Å². The van der Waals surface area contributed by atoms with Crippen LogP contribution in [0.15, 0.2) is 0 Å². The van der Waals surface area contributed by atoms with Crippen LogP contribution in [-0.2, 0) is 14.3 Å². The van der Waals surface area contributed by atoms with Gasteiger partial charge in [0.05, 0.1) is 12.1 Å². The summed E-state index contributed by atoms with van der Waals surface area (Å²) in [5, 5.41) is 4.93. The predicted octanol–water partition coefficient (Wildman–Crippen LogP) is -1.40. The van der Waals surface area contributed by atoms with Crippen molar-refractivity contribution in [1.29, 1.82) is 0 Å². The molecule has 0 spiro atoms. The second-order valence-corrected chi connectivity index (χ2v) is 3.82. The average molecular weight is 217 g/mol. The maximum Gasteiger partial charge on any atom is 0.309 e. The Morgan fingerprint density at radius 3 is 2.40 bits per heavy atom. The molecule has 2 amide bonds. The maximum atomic E-state index is 11.3. The Bertz CT molecular complexity index is 229. The molecule has 0 bridgehead atoms. The minimum atomic E-state index is -0.676. The van der Waals surface area contributed by atoms with Crippen LogP contribution in [0.5, 0.6) is 0 Å². The van der Waals surface area contributed by atoms with Gasteiger partial charge >= 0.3 is 11.8 Å². The Hall–Kier alpha value is -1.14. The van der Waals surface area contributed by atoms with Crippen molar-refractivity contribution in [3.05, 3.63) is 0 Å². The van der Waals surface area contributed by atoms with Gasteiger partial charge in [-0.2, -0.15) is 0 Å². The van der Waals surface area contributed by atoms with Gasteiger partial charge in [-0.15, -0.1) is 0 Å². The normalized spacial score (nSPS) is 10.9. The van der Waals surface area contributed by atoms with Crippen LogP contribution >= 0.6 is 0 Å². The van der Waals surface area contributed by atoms with Crippen LogP contribution in [0.1, 0.15) is 13.8 Å². The standard InChI is InChI=1S/C9H19N3O3/c1-9(2,6-15-3)12-8(14)7(13)11-5-4-10/h4-6,10H2,1-3H3,(H,11,13)(H,12,14). The molecule has 6 nitrogen and oxygen atoms in total. The van der Waals surface area contributed by atoms with Gasteiger partial charge in [0.2, 0.25) is 0 Å². The fourth-order valence-corrected chi connectivity index (χ4v) is 1.03. The largest absolute Gasteiger partial charge is 0.382 e. The molecule has 0 atom stereocenters. The van der Waals surface area contributed by atoms with E-state index >= 15 is 0 Å². The van der Waals surface area contributed by atoms with Crippen molar-refractivity contribution in [1.82, 2.24) is 10.6 Å². The number of rotatable bonds is 5. The highest BCUT2D eigenvalue weighted by atomic mass is 16.5. The fraction of sp³-hybridized carbons (Fsp3) is 0.778. The quantitative estimate of drug-likeness (QED) is 0.494. The van der Waals surface area contributed by atoms with E-state index in [4.69, 9.17) is 10.5 Å². The van der Waals surface area contributed by atoms with Crippen LogP contribution in [0.2, 0.25) is 0 Å². The predicted molar refractivity (Wildman–Crippen MR) is 56.2 cm³/mol. The molecule has 0 aromatic rings. The Balaban J connectivity index is 4.06. The van der Waals surface area contributed by atoms with E-state index < -0.39 is 17.4 Å². The number of nitrogens with two attached hydrogens (primary N) is 1. The minimum Gasteiger partial charge on any atom is -0.382 e. The molecule has 0 unspecified atom stereocenters. The summed E-state index contributed by atoms with van der Waals surface area (Å²) >= 11 is 0. The Labute approximate surface area is 89.5 Å². The lowest BCUT2D eigenvalue weighted by atomic mass is 10.1. The molecule has 0 heterocycles. The van der Waals surface area contributed by atoms with Crippen LogP contribution in [0.4, 0.5) is 0 Å². The Kier molecular flexibility index (Phi) is 5.88. The average Bonchev–Trinajstić information content (AvgIpc) is 2.13. The fourth-order valence-electron chi connectivity index (χ4n) is 1.03. The third kappa shape index (κ3) is 6.03. The molecule has 15 heavy (non-hydrogen) atoms. The molecule has 0 aromatic carbocycles. The molecule has 0 aliphatic rings. The van der Waals surface area contributed by atoms with E-state index in [0.29, 0.717) is 13.2 Å². The van der Waals surface area contributed by atoms with E-state index in [-0.39, 0.29) is 6.54 Å². The molecule has 0 saturated carbocycles. The van der Waals surface area contributed by atoms with E-state index in [9.17, 15) is 9.59 Å². The third-order valence-electron chi connectivity index (χ3n) is 1.59. The lowest BCUT2D eigenvalue weighted by Gasteiger charge is -2.24. The van der Waals surface area contributed by atoms with Crippen molar-refractivity contribution >= 4 is 11.8 Å². The van der Waals surface area contributed by atoms with Gasteiger partial charge in [0, 0.05) is 20.2 Å². The van der Waals surface area contributed by atoms with E-state index in [1.165, 1.54) is 7.11 Å². The molecule has 0 aliphatic carbocycles. The minimum absolute atomic E-state index is 0.289. The van der Waals surface area contributed by atoms with Gasteiger partial charge in [-0.1, -0.05) is 0 Å². The van der Waals surface area contributed by atoms with Crippen LogP contribution in [-0.4, -0.2) is 44.2 Å². The number of carbonyl (C=O) groups excluding carboxylic acids is 2. The van der Waals surface area contributed by atoms with Crippen LogP contribution in [0.3, 0.4) is 0 Å². The van der Waals surface area contributed by atoms with Gasteiger partial charge in [-0.05, 0) is 13.8 Å². The SMILES string of the molecule is COCC(C)(C)NC(=O)C(=O)NCCN. The van der Waals surface area contributed by atoms with E-state index in [1.54, 1.807) is 13.8 Å². The number of hydrogen-bond acceptors (Lipinski definition) is 4. The number of methoxy groups -OCH3 is 1. The number of carbonyl (C=O) groups is 2. The topological polar surface area (TPSA) is 93.4 Å². The number of nitrogens with one attached hydrogen (secondary N) is 2. The first-order chi connectivity index (χ1) is 6.93. The van der Waals surface area contributed by atoms with Crippen molar-refractivity contribution in [3.8, 4) is 0 Å². The summed E-state index contributed by atoms with van der Waals surface area (Å²) in [5.41, 5.74) is 4.62.